The van der Waals surface area contributed by atoms with Gasteiger partial charge < -0.3 is 10.0 Å². The molecule has 1 amide bonds. The van der Waals surface area contributed by atoms with Gasteiger partial charge in [0.15, 0.2) is 0 Å². The lowest BCUT2D eigenvalue weighted by Gasteiger charge is -2.24. The van der Waals surface area contributed by atoms with Gasteiger partial charge in [-0.25, -0.2) is 8.78 Å². The number of rotatable bonds is 7. The van der Waals surface area contributed by atoms with E-state index in [1.807, 2.05) is 37.3 Å². The van der Waals surface area contributed by atoms with Crippen LogP contribution in [0.5, 0.6) is 0 Å². The maximum Gasteiger partial charge on any atom is 0.270 e. The number of alkyl halides is 2. The summed E-state index contributed by atoms with van der Waals surface area (Å²) in [4.78, 5) is 14.5. The molecule has 0 bridgehead atoms. The van der Waals surface area contributed by atoms with Gasteiger partial charge in [0, 0.05) is 18.7 Å². The molecular formula is C20H23F2NO2. The minimum atomic E-state index is -2.90. The van der Waals surface area contributed by atoms with Crippen LogP contribution in [0.3, 0.4) is 0 Å². The minimum absolute atomic E-state index is 0.0872. The molecule has 2 rings (SSSR count). The Morgan fingerprint density at radius 3 is 2.24 bits per heavy atom. The average molecular weight is 347 g/mol. The summed E-state index contributed by atoms with van der Waals surface area (Å²) < 4.78 is 25.8. The zero-order valence-electron chi connectivity index (χ0n) is 14.5. The zero-order valence-corrected chi connectivity index (χ0v) is 14.5. The maximum absolute atomic E-state index is 12.9. The first-order chi connectivity index (χ1) is 11.9. The third-order valence-corrected chi connectivity index (χ3v) is 4.14. The van der Waals surface area contributed by atoms with Gasteiger partial charge in [0.2, 0.25) is 0 Å². The summed E-state index contributed by atoms with van der Waals surface area (Å²) in [7, 11) is 0. The number of halogens is 2. The van der Waals surface area contributed by atoms with E-state index < -0.39 is 12.0 Å². The number of nitrogens with zero attached hydrogens (tertiary/aromatic N) is 1. The van der Waals surface area contributed by atoms with Gasteiger partial charge in [0.05, 0.1) is 0 Å². The summed E-state index contributed by atoms with van der Waals surface area (Å²) in [5.74, 6) is -0.158. The number of hydrogen-bond donors (Lipinski definition) is 1. The molecule has 0 aliphatic heterocycles. The highest BCUT2D eigenvalue weighted by Crippen LogP contribution is 2.28. The number of hydrogen-bond acceptors (Lipinski definition) is 2. The SMILES string of the molecule is CCCN(Cc1ccccc1)C(=O)c1ccc([C@](C)(O)C(F)F)cc1. The van der Waals surface area contributed by atoms with E-state index in [0.29, 0.717) is 18.7 Å². The molecule has 0 saturated heterocycles. The number of carbonyl (C=O) groups is 1. The van der Waals surface area contributed by atoms with E-state index >= 15 is 0 Å². The van der Waals surface area contributed by atoms with Crippen LogP contribution in [-0.2, 0) is 12.1 Å². The van der Waals surface area contributed by atoms with Crippen molar-refractivity contribution in [3.8, 4) is 0 Å². The van der Waals surface area contributed by atoms with Crippen LogP contribution < -0.4 is 0 Å². The van der Waals surface area contributed by atoms with Crippen LogP contribution in [0.1, 0.15) is 41.8 Å². The fourth-order valence-corrected chi connectivity index (χ4v) is 2.58. The fourth-order valence-electron chi connectivity index (χ4n) is 2.58. The van der Waals surface area contributed by atoms with E-state index in [4.69, 9.17) is 0 Å². The van der Waals surface area contributed by atoms with Gasteiger partial charge in [-0.15, -0.1) is 0 Å². The molecule has 134 valence electrons. The summed E-state index contributed by atoms with van der Waals surface area (Å²) in [5, 5.41) is 9.84. The Bertz CT molecular complexity index is 685. The van der Waals surface area contributed by atoms with Gasteiger partial charge in [-0.2, -0.15) is 0 Å². The van der Waals surface area contributed by atoms with E-state index in [1.165, 1.54) is 24.3 Å². The van der Waals surface area contributed by atoms with E-state index in [2.05, 4.69) is 0 Å². The van der Waals surface area contributed by atoms with Crippen LogP contribution in [0.4, 0.5) is 8.78 Å². The lowest BCUT2D eigenvalue weighted by Crippen LogP contribution is -2.32. The Morgan fingerprint density at radius 1 is 1.12 bits per heavy atom. The first-order valence-electron chi connectivity index (χ1n) is 8.30. The normalized spacial score (nSPS) is 13.5. The number of aliphatic hydroxyl groups is 1. The molecule has 2 aromatic rings. The summed E-state index contributed by atoms with van der Waals surface area (Å²) in [6.07, 6.45) is -2.08. The standard InChI is InChI=1S/C20H23F2NO2/c1-3-13-23(14-15-7-5-4-6-8-15)18(24)16-9-11-17(12-10-16)20(2,25)19(21)22/h4-12,19,25H,3,13-14H2,1-2H3/t20-/m0/s1. The Labute approximate surface area is 146 Å². The van der Waals surface area contributed by atoms with Gasteiger partial charge in [0.25, 0.3) is 12.3 Å². The maximum atomic E-state index is 12.9. The smallest absolute Gasteiger partial charge is 0.270 e. The van der Waals surface area contributed by atoms with Crippen molar-refractivity contribution in [2.45, 2.75) is 38.8 Å². The molecule has 0 aromatic heterocycles. The largest absolute Gasteiger partial charge is 0.379 e. The molecule has 5 heteroatoms. The highest BCUT2D eigenvalue weighted by atomic mass is 19.3. The topological polar surface area (TPSA) is 40.5 Å². The van der Waals surface area contributed by atoms with Crippen LogP contribution in [0, 0.1) is 0 Å². The third kappa shape index (κ3) is 4.63. The van der Waals surface area contributed by atoms with Gasteiger partial charge in [0.1, 0.15) is 5.60 Å². The molecule has 3 nitrogen and oxygen atoms in total. The highest BCUT2D eigenvalue weighted by molar-refractivity contribution is 5.94. The van der Waals surface area contributed by atoms with E-state index in [9.17, 15) is 18.7 Å². The number of amides is 1. The second kappa shape index (κ2) is 8.21. The lowest BCUT2D eigenvalue weighted by molar-refractivity contribution is -0.0883. The molecule has 0 unspecified atom stereocenters. The Balaban J connectivity index is 2.19. The van der Waals surface area contributed by atoms with Crippen molar-refractivity contribution in [1.29, 1.82) is 0 Å². The van der Waals surface area contributed by atoms with E-state index in [0.717, 1.165) is 18.9 Å². The molecule has 0 spiro atoms. The van der Waals surface area contributed by atoms with Crippen LogP contribution >= 0.6 is 0 Å². The average Bonchev–Trinajstić information content (AvgIpc) is 2.61. The molecule has 0 aliphatic carbocycles. The predicted molar refractivity (Wildman–Crippen MR) is 93.5 cm³/mol. The van der Waals surface area contributed by atoms with E-state index in [-0.39, 0.29) is 11.5 Å². The van der Waals surface area contributed by atoms with Crippen molar-refractivity contribution in [3.05, 3.63) is 71.3 Å². The molecule has 0 radical (unpaired) electrons. The van der Waals surface area contributed by atoms with Gasteiger partial charge in [-0.05, 0) is 36.6 Å². The Hall–Kier alpha value is -2.27. The predicted octanol–water partition coefficient (Wildman–Crippen LogP) is 4.21. The zero-order chi connectivity index (χ0) is 18.4. The number of benzene rings is 2. The van der Waals surface area contributed by atoms with Gasteiger partial charge in [-0.3, -0.25) is 4.79 Å². The van der Waals surface area contributed by atoms with Crippen LogP contribution in [0.2, 0.25) is 0 Å². The molecule has 0 fully saturated rings. The summed E-state index contributed by atoms with van der Waals surface area (Å²) in [6, 6.07) is 15.4. The lowest BCUT2D eigenvalue weighted by atomic mass is 9.95. The van der Waals surface area contributed by atoms with Crippen molar-refractivity contribution in [2.75, 3.05) is 6.54 Å². The first-order valence-corrected chi connectivity index (χ1v) is 8.30. The molecule has 2 aromatic carbocycles. The summed E-state index contributed by atoms with van der Waals surface area (Å²) >= 11 is 0. The highest BCUT2D eigenvalue weighted by Gasteiger charge is 2.34. The van der Waals surface area contributed by atoms with Gasteiger partial charge >= 0.3 is 0 Å². The fraction of sp³-hybridized carbons (Fsp3) is 0.350. The van der Waals surface area contributed by atoms with Crippen molar-refractivity contribution in [2.24, 2.45) is 0 Å². The second-order valence-corrected chi connectivity index (χ2v) is 6.24. The Morgan fingerprint density at radius 2 is 1.72 bits per heavy atom. The Kier molecular flexibility index (Phi) is 6.26. The van der Waals surface area contributed by atoms with Crippen molar-refractivity contribution < 1.29 is 18.7 Å². The molecular weight excluding hydrogens is 324 g/mol. The molecule has 25 heavy (non-hydrogen) atoms. The van der Waals surface area contributed by atoms with Gasteiger partial charge in [-0.1, -0.05) is 49.4 Å². The van der Waals surface area contributed by atoms with Crippen LogP contribution in [0.15, 0.2) is 54.6 Å². The van der Waals surface area contributed by atoms with Crippen LogP contribution in [-0.4, -0.2) is 28.9 Å². The molecule has 0 heterocycles. The monoisotopic (exact) mass is 347 g/mol. The summed E-state index contributed by atoms with van der Waals surface area (Å²) in [6.45, 7) is 4.15. The second-order valence-electron chi connectivity index (χ2n) is 6.24. The summed E-state index contributed by atoms with van der Waals surface area (Å²) in [5.41, 5.74) is -0.696. The third-order valence-electron chi connectivity index (χ3n) is 4.14. The van der Waals surface area contributed by atoms with Crippen molar-refractivity contribution >= 4 is 5.91 Å². The quantitative estimate of drug-likeness (QED) is 0.815. The van der Waals surface area contributed by atoms with E-state index in [1.54, 1.807) is 4.90 Å². The first kappa shape index (κ1) is 19.1. The van der Waals surface area contributed by atoms with Crippen molar-refractivity contribution in [3.63, 3.8) is 0 Å². The molecule has 1 N–H and O–H groups in total. The number of carbonyl (C=O) groups excluding carboxylic acids is 1. The molecule has 0 aliphatic rings. The van der Waals surface area contributed by atoms with Crippen LogP contribution in [0.25, 0.3) is 0 Å². The molecule has 1 atom stereocenters. The molecule has 0 saturated carbocycles. The van der Waals surface area contributed by atoms with Crippen molar-refractivity contribution in [1.82, 2.24) is 4.90 Å². The minimum Gasteiger partial charge on any atom is -0.379 e.